The fraction of sp³-hybridized carbons (Fsp3) is 0.857. The van der Waals surface area contributed by atoms with E-state index in [4.69, 9.17) is 5.11 Å². The Morgan fingerprint density at radius 3 is 2.42 bits per heavy atom. The number of hydrogen-bond donors (Lipinski definition) is 3. The third-order valence-corrected chi connectivity index (χ3v) is 4.57. The first-order valence-corrected chi connectivity index (χ1v) is 7.36. The zero-order chi connectivity index (χ0) is 13.8. The monoisotopic (exact) mass is 268 g/mol. The molecule has 3 unspecified atom stereocenters. The van der Waals surface area contributed by atoms with E-state index in [-0.39, 0.29) is 24.0 Å². The normalized spacial score (nSPS) is 29.1. The summed E-state index contributed by atoms with van der Waals surface area (Å²) in [5.41, 5.74) is 0. The van der Waals surface area contributed by atoms with Crippen LogP contribution in [0, 0.1) is 11.8 Å². The van der Waals surface area contributed by atoms with Gasteiger partial charge in [0.25, 0.3) is 0 Å². The molecule has 5 heteroatoms. The highest BCUT2D eigenvalue weighted by molar-refractivity contribution is 5.75. The van der Waals surface area contributed by atoms with Gasteiger partial charge in [0.2, 0.25) is 0 Å². The van der Waals surface area contributed by atoms with E-state index in [1.54, 1.807) is 0 Å². The molecule has 0 radical (unpaired) electrons. The number of carbonyl (C=O) groups excluding carboxylic acids is 1. The van der Waals surface area contributed by atoms with Crippen molar-refractivity contribution in [3.63, 3.8) is 0 Å². The third-order valence-electron chi connectivity index (χ3n) is 4.57. The van der Waals surface area contributed by atoms with E-state index in [1.807, 2.05) is 6.92 Å². The molecule has 2 aliphatic rings. The zero-order valence-electron chi connectivity index (χ0n) is 11.5. The molecule has 0 saturated heterocycles. The lowest BCUT2D eigenvalue weighted by Gasteiger charge is -2.33. The van der Waals surface area contributed by atoms with Gasteiger partial charge in [-0.05, 0) is 44.9 Å². The summed E-state index contributed by atoms with van der Waals surface area (Å²) in [5.74, 6) is -0.429. The van der Waals surface area contributed by atoms with Crippen LogP contribution >= 0.6 is 0 Å². The van der Waals surface area contributed by atoms with Gasteiger partial charge in [0.1, 0.15) is 0 Å². The van der Waals surface area contributed by atoms with E-state index >= 15 is 0 Å². The minimum atomic E-state index is -0.741. The largest absolute Gasteiger partial charge is 0.481 e. The highest BCUT2D eigenvalue weighted by atomic mass is 16.4. The molecule has 0 heterocycles. The second-order valence-corrected chi connectivity index (χ2v) is 6.00. The maximum atomic E-state index is 11.9. The number of aliphatic carboxylic acids is 1. The molecule has 19 heavy (non-hydrogen) atoms. The highest BCUT2D eigenvalue weighted by Crippen LogP contribution is 2.29. The predicted molar refractivity (Wildman–Crippen MR) is 71.9 cm³/mol. The Labute approximate surface area is 114 Å². The second-order valence-electron chi connectivity index (χ2n) is 6.00. The van der Waals surface area contributed by atoms with Gasteiger partial charge >= 0.3 is 12.0 Å². The molecular weight excluding hydrogens is 244 g/mol. The molecule has 0 bridgehead atoms. The Balaban J connectivity index is 1.73. The molecule has 2 saturated carbocycles. The smallest absolute Gasteiger partial charge is 0.315 e. The lowest BCUT2D eigenvalue weighted by Crippen LogP contribution is -2.49. The van der Waals surface area contributed by atoms with Crippen molar-refractivity contribution < 1.29 is 14.7 Å². The van der Waals surface area contributed by atoms with Gasteiger partial charge in [-0.15, -0.1) is 0 Å². The predicted octanol–water partition coefficient (Wildman–Crippen LogP) is 2.12. The Hall–Kier alpha value is -1.26. The number of carboxylic acids is 1. The second kappa shape index (κ2) is 6.26. The van der Waals surface area contributed by atoms with Gasteiger partial charge < -0.3 is 15.7 Å². The molecule has 2 amide bonds. The molecule has 2 fully saturated rings. The van der Waals surface area contributed by atoms with Crippen molar-refractivity contribution in [3.8, 4) is 0 Å². The Morgan fingerprint density at radius 1 is 1.16 bits per heavy atom. The van der Waals surface area contributed by atoms with Crippen LogP contribution in [0.25, 0.3) is 0 Å². The molecule has 5 nitrogen and oxygen atoms in total. The molecule has 0 spiro atoms. The summed E-state index contributed by atoms with van der Waals surface area (Å²) in [6.45, 7) is 2.05. The third kappa shape index (κ3) is 3.85. The molecule has 2 aliphatic carbocycles. The standard InChI is InChI=1S/C14H24N2O3/c1-9(10-4-2-5-10)15-14(19)16-12-7-3-6-11(8-12)13(17)18/h9-12H,2-8H2,1H3,(H,17,18)(H2,15,16,19). The van der Waals surface area contributed by atoms with Crippen LogP contribution in [0.2, 0.25) is 0 Å². The van der Waals surface area contributed by atoms with Crippen LogP contribution in [-0.2, 0) is 4.79 Å². The number of carbonyl (C=O) groups is 2. The molecule has 0 aliphatic heterocycles. The summed E-state index contributed by atoms with van der Waals surface area (Å²) in [6.07, 6.45) is 6.71. The summed E-state index contributed by atoms with van der Waals surface area (Å²) in [5, 5.41) is 14.9. The summed E-state index contributed by atoms with van der Waals surface area (Å²) < 4.78 is 0. The number of amides is 2. The van der Waals surface area contributed by atoms with E-state index in [0.29, 0.717) is 12.3 Å². The summed E-state index contributed by atoms with van der Waals surface area (Å²) in [4.78, 5) is 22.8. The lowest BCUT2D eigenvalue weighted by molar-refractivity contribution is -0.143. The molecule has 0 aromatic carbocycles. The fourth-order valence-electron chi connectivity index (χ4n) is 3.04. The first kappa shape index (κ1) is 14.2. The minimum Gasteiger partial charge on any atom is -0.481 e. The van der Waals surface area contributed by atoms with Gasteiger partial charge in [0, 0.05) is 12.1 Å². The van der Waals surface area contributed by atoms with E-state index < -0.39 is 5.97 Å². The highest BCUT2D eigenvalue weighted by Gasteiger charge is 2.29. The van der Waals surface area contributed by atoms with Crippen LogP contribution in [0.1, 0.15) is 51.9 Å². The van der Waals surface area contributed by atoms with Crippen LogP contribution in [-0.4, -0.2) is 29.2 Å². The van der Waals surface area contributed by atoms with Gasteiger partial charge in [0.15, 0.2) is 0 Å². The van der Waals surface area contributed by atoms with E-state index in [1.165, 1.54) is 19.3 Å². The maximum absolute atomic E-state index is 11.9. The van der Waals surface area contributed by atoms with Crippen molar-refractivity contribution in [2.45, 2.75) is 64.0 Å². The van der Waals surface area contributed by atoms with Crippen LogP contribution in [0.4, 0.5) is 4.79 Å². The van der Waals surface area contributed by atoms with Gasteiger partial charge in [0.05, 0.1) is 5.92 Å². The quantitative estimate of drug-likeness (QED) is 0.730. The number of carboxylic acid groups (broad SMARTS) is 1. The van der Waals surface area contributed by atoms with Crippen molar-refractivity contribution in [1.82, 2.24) is 10.6 Å². The molecule has 3 N–H and O–H groups in total. The molecule has 108 valence electrons. The molecular formula is C14H24N2O3. The fourth-order valence-corrected chi connectivity index (χ4v) is 3.04. The molecule has 0 aromatic rings. The van der Waals surface area contributed by atoms with E-state index in [0.717, 1.165) is 19.3 Å². The first-order chi connectivity index (χ1) is 9.06. The van der Waals surface area contributed by atoms with Crippen molar-refractivity contribution in [1.29, 1.82) is 0 Å². The number of rotatable bonds is 4. The Bertz CT molecular complexity index is 342. The minimum absolute atomic E-state index is 0.00319. The van der Waals surface area contributed by atoms with Crippen LogP contribution < -0.4 is 10.6 Å². The zero-order valence-corrected chi connectivity index (χ0v) is 11.5. The number of hydrogen-bond acceptors (Lipinski definition) is 2. The number of nitrogens with one attached hydrogen (secondary N) is 2. The van der Waals surface area contributed by atoms with Crippen molar-refractivity contribution in [3.05, 3.63) is 0 Å². The molecule has 2 rings (SSSR count). The van der Waals surface area contributed by atoms with Gasteiger partial charge in [-0.1, -0.05) is 12.8 Å². The van der Waals surface area contributed by atoms with Crippen LogP contribution in [0.3, 0.4) is 0 Å². The summed E-state index contributed by atoms with van der Waals surface area (Å²) >= 11 is 0. The van der Waals surface area contributed by atoms with Crippen LogP contribution in [0.5, 0.6) is 0 Å². The molecule has 3 atom stereocenters. The van der Waals surface area contributed by atoms with Gasteiger partial charge in [-0.25, -0.2) is 4.79 Å². The van der Waals surface area contributed by atoms with E-state index in [2.05, 4.69) is 10.6 Å². The maximum Gasteiger partial charge on any atom is 0.315 e. The molecule has 0 aromatic heterocycles. The average Bonchev–Trinajstić information content (AvgIpc) is 2.26. The SMILES string of the molecule is CC(NC(=O)NC1CCCC(C(=O)O)C1)C1CCC1. The van der Waals surface area contributed by atoms with Gasteiger partial charge in [-0.3, -0.25) is 4.79 Å². The first-order valence-electron chi connectivity index (χ1n) is 7.36. The topological polar surface area (TPSA) is 78.4 Å². The van der Waals surface area contributed by atoms with Crippen molar-refractivity contribution >= 4 is 12.0 Å². The average molecular weight is 268 g/mol. The Kier molecular flexibility index (Phi) is 4.66. The summed E-state index contributed by atoms with van der Waals surface area (Å²) in [6, 6.07) is 0.0755. The van der Waals surface area contributed by atoms with Crippen LogP contribution in [0.15, 0.2) is 0 Å². The van der Waals surface area contributed by atoms with Crippen molar-refractivity contribution in [2.24, 2.45) is 11.8 Å². The number of urea groups is 1. The lowest BCUT2D eigenvalue weighted by atomic mass is 9.80. The van der Waals surface area contributed by atoms with Gasteiger partial charge in [-0.2, -0.15) is 0 Å². The van der Waals surface area contributed by atoms with E-state index in [9.17, 15) is 9.59 Å². The van der Waals surface area contributed by atoms with Crippen molar-refractivity contribution in [2.75, 3.05) is 0 Å². The summed E-state index contributed by atoms with van der Waals surface area (Å²) in [7, 11) is 0. The Morgan fingerprint density at radius 2 is 1.84 bits per heavy atom.